The normalized spacial score (nSPS) is 11.6. The third-order valence-corrected chi connectivity index (χ3v) is 4.98. The Hall–Kier alpha value is -2.99. The number of rotatable bonds is 6. The van der Waals surface area contributed by atoms with Crippen LogP contribution in [0.25, 0.3) is 0 Å². The third-order valence-electron chi connectivity index (χ3n) is 4.11. The second kappa shape index (κ2) is 8.60. The molecule has 0 radical (unpaired) electrons. The first-order valence-corrected chi connectivity index (χ1v) is 9.36. The lowest BCUT2D eigenvalue weighted by Crippen LogP contribution is -2.45. The quantitative estimate of drug-likeness (QED) is 0.672. The zero-order valence-electron chi connectivity index (χ0n) is 14.7. The van der Waals surface area contributed by atoms with E-state index >= 15 is 0 Å². The molecular formula is C21H19FN2O2S. The molecule has 3 rings (SSSR count). The van der Waals surface area contributed by atoms with Crippen LogP contribution >= 0.6 is 11.3 Å². The summed E-state index contributed by atoms with van der Waals surface area (Å²) in [6.07, 6.45) is 0.331. The van der Waals surface area contributed by atoms with Crippen molar-refractivity contribution in [2.24, 2.45) is 0 Å². The predicted octanol–water partition coefficient (Wildman–Crippen LogP) is 4.18. The van der Waals surface area contributed by atoms with Gasteiger partial charge in [-0.15, -0.1) is 11.3 Å². The van der Waals surface area contributed by atoms with Gasteiger partial charge in [-0.3, -0.25) is 9.59 Å². The Balaban J connectivity index is 1.80. The van der Waals surface area contributed by atoms with Crippen molar-refractivity contribution in [1.82, 2.24) is 5.32 Å². The summed E-state index contributed by atoms with van der Waals surface area (Å²) >= 11 is 1.31. The molecule has 27 heavy (non-hydrogen) atoms. The first-order valence-electron chi connectivity index (χ1n) is 8.48. The number of amides is 2. The molecule has 0 saturated carbocycles. The Bertz CT molecular complexity index is 927. The molecule has 0 saturated heterocycles. The van der Waals surface area contributed by atoms with Gasteiger partial charge in [0.1, 0.15) is 11.9 Å². The highest BCUT2D eigenvalue weighted by atomic mass is 32.1. The van der Waals surface area contributed by atoms with Gasteiger partial charge in [0.25, 0.3) is 5.91 Å². The number of carbonyl (C=O) groups excluding carboxylic acids is 2. The summed E-state index contributed by atoms with van der Waals surface area (Å²) < 4.78 is 13.5. The van der Waals surface area contributed by atoms with Crippen molar-refractivity contribution in [3.63, 3.8) is 0 Å². The first kappa shape index (κ1) is 18.8. The molecule has 0 aliphatic rings. The molecule has 0 aliphatic carbocycles. The van der Waals surface area contributed by atoms with Gasteiger partial charge in [0.05, 0.1) is 4.88 Å². The SMILES string of the molecule is Cc1ccc(F)cc1NC(=O)C(Cc1ccccc1)NC(=O)c1cccs1. The number of nitrogens with one attached hydrogen (secondary N) is 2. The van der Waals surface area contributed by atoms with Crippen LogP contribution in [0.5, 0.6) is 0 Å². The topological polar surface area (TPSA) is 58.2 Å². The van der Waals surface area contributed by atoms with Gasteiger partial charge in [-0.2, -0.15) is 0 Å². The molecule has 4 nitrogen and oxygen atoms in total. The fourth-order valence-electron chi connectivity index (χ4n) is 2.64. The van der Waals surface area contributed by atoms with E-state index in [1.165, 1.54) is 23.5 Å². The van der Waals surface area contributed by atoms with E-state index < -0.39 is 17.8 Å². The Kier molecular flexibility index (Phi) is 5.98. The van der Waals surface area contributed by atoms with Crippen molar-refractivity contribution in [3.05, 3.63) is 87.9 Å². The molecule has 2 amide bonds. The van der Waals surface area contributed by atoms with Crippen molar-refractivity contribution in [2.45, 2.75) is 19.4 Å². The van der Waals surface area contributed by atoms with E-state index in [9.17, 15) is 14.0 Å². The molecule has 1 aromatic heterocycles. The van der Waals surface area contributed by atoms with Crippen molar-refractivity contribution in [3.8, 4) is 0 Å². The van der Waals surface area contributed by atoms with Crippen LogP contribution in [0.4, 0.5) is 10.1 Å². The van der Waals surface area contributed by atoms with Crippen molar-refractivity contribution >= 4 is 28.8 Å². The summed E-state index contributed by atoms with van der Waals surface area (Å²) in [5.74, 6) is -1.13. The Labute approximate surface area is 161 Å². The molecule has 0 spiro atoms. The van der Waals surface area contributed by atoms with Crippen LogP contribution in [0.3, 0.4) is 0 Å². The van der Waals surface area contributed by atoms with Crippen LogP contribution in [0, 0.1) is 12.7 Å². The molecule has 0 fully saturated rings. The molecule has 2 N–H and O–H groups in total. The van der Waals surface area contributed by atoms with Gasteiger partial charge in [0.15, 0.2) is 0 Å². The fraction of sp³-hybridized carbons (Fsp3) is 0.143. The molecule has 138 valence electrons. The molecule has 3 aromatic rings. The number of anilines is 1. The molecule has 0 bridgehead atoms. The summed E-state index contributed by atoms with van der Waals surface area (Å²) in [6, 6.07) is 16.3. The maximum Gasteiger partial charge on any atom is 0.262 e. The number of hydrogen-bond donors (Lipinski definition) is 2. The van der Waals surface area contributed by atoms with Gasteiger partial charge in [-0.1, -0.05) is 42.5 Å². The van der Waals surface area contributed by atoms with Crippen LogP contribution in [0.1, 0.15) is 20.8 Å². The number of carbonyl (C=O) groups is 2. The lowest BCUT2D eigenvalue weighted by molar-refractivity contribution is -0.118. The minimum Gasteiger partial charge on any atom is -0.339 e. The summed E-state index contributed by atoms with van der Waals surface area (Å²) in [7, 11) is 0. The highest BCUT2D eigenvalue weighted by Crippen LogP contribution is 2.17. The van der Waals surface area contributed by atoms with E-state index in [0.29, 0.717) is 17.0 Å². The van der Waals surface area contributed by atoms with Crippen molar-refractivity contribution in [2.75, 3.05) is 5.32 Å². The van der Waals surface area contributed by atoms with E-state index in [1.54, 1.807) is 30.5 Å². The number of hydrogen-bond acceptors (Lipinski definition) is 3. The minimum absolute atomic E-state index is 0.308. The minimum atomic E-state index is -0.787. The van der Waals surface area contributed by atoms with Crippen molar-refractivity contribution < 1.29 is 14.0 Å². The molecule has 1 unspecified atom stereocenters. The van der Waals surface area contributed by atoms with Gasteiger partial charge in [0.2, 0.25) is 5.91 Å². The average Bonchev–Trinajstić information content (AvgIpc) is 3.20. The standard InChI is InChI=1S/C21H19FN2O2S/c1-14-9-10-16(22)13-17(14)23-20(25)18(12-15-6-3-2-4-7-15)24-21(26)19-8-5-11-27-19/h2-11,13,18H,12H2,1H3,(H,23,25)(H,24,26). The predicted molar refractivity (Wildman–Crippen MR) is 105 cm³/mol. The first-order chi connectivity index (χ1) is 13.0. The summed E-state index contributed by atoms with van der Waals surface area (Å²) in [5.41, 5.74) is 2.05. The second-order valence-corrected chi connectivity index (χ2v) is 7.09. The second-order valence-electron chi connectivity index (χ2n) is 6.14. The summed E-state index contributed by atoms with van der Waals surface area (Å²) in [5, 5.41) is 7.32. The lowest BCUT2D eigenvalue weighted by Gasteiger charge is -2.19. The van der Waals surface area contributed by atoms with Gasteiger partial charge in [-0.05, 0) is 41.6 Å². The lowest BCUT2D eigenvalue weighted by atomic mass is 10.0. The van der Waals surface area contributed by atoms with Crippen LogP contribution in [0.15, 0.2) is 66.0 Å². The summed E-state index contributed by atoms with van der Waals surface area (Å²) in [4.78, 5) is 25.8. The van der Waals surface area contributed by atoms with Crippen LogP contribution < -0.4 is 10.6 Å². The maximum atomic E-state index is 13.5. The number of halogens is 1. The number of thiophene rings is 1. The van der Waals surface area contributed by atoms with E-state index in [-0.39, 0.29) is 5.91 Å². The zero-order valence-corrected chi connectivity index (χ0v) is 15.6. The molecule has 2 aromatic carbocycles. The van der Waals surface area contributed by atoms with Gasteiger partial charge >= 0.3 is 0 Å². The van der Waals surface area contributed by atoms with Crippen LogP contribution in [-0.4, -0.2) is 17.9 Å². The Morgan fingerprint density at radius 3 is 2.56 bits per heavy atom. The summed E-state index contributed by atoms with van der Waals surface area (Å²) in [6.45, 7) is 1.78. The number of benzene rings is 2. The zero-order chi connectivity index (χ0) is 19.2. The molecule has 1 atom stereocenters. The number of aryl methyl sites for hydroxylation is 1. The highest BCUT2D eigenvalue weighted by molar-refractivity contribution is 7.12. The fourth-order valence-corrected chi connectivity index (χ4v) is 3.27. The van der Waals surface area contributed by atoms with E-state index in [4.69, 9.17) is 0 Å². The van der Waals surface area contributed by atoms with Crippen molar-refractivity contribution in [1.29, 1.82) is 0 Å². The maximum absolute atomic E-state index is 13.5. The van der Waals surface area contributed by atoms with Crippen LogP contribution in [-0.2, 0) is 11.2 Å². The molecule has 6 heteroatoms. The molecule has 1 heterocycles. The average molecular weight is 382 g/mol. The monoisotopic (exact) mass is 382 g/mol. The molecular weight excluding hydrogens is 363 g/mol. The van der Waals surface area contributed by atoms with Gasteiger partial charge in [-0.25, -0.2) is 4.39 Å². The highest BCUT2D eigenvalue weighted by Gasteiger charge is 2.23. The van der Waals surface area contributed by atoms with Gasteiger partial charge < -0.3 is 10.6 Å². The van der Waals surface area contributed by atoms with E-state index in [1.807, 2.05) is 30.3 Å². The van der Waals surface area contributed by atoms with Gasteiger partial charge in [0, 0.05) is 12.1 Å². The Morgan fingerprint density at radius 1 is 1.07 bits per heavy atom. The third kappa shape index (κ3) is 5.01. The van der Waals surface area contributed by atoms with E-state index in [2.05, 4.69) is 10.6 Å². The van der Waals surface area contributed by atoms with Crippen LogP contribution in [0.2, 0.25) is 0 Å². The smallest absolute Gasteiger partial charge is 0.262 e. The largest absolute Gasteiger partial charge is 0.339 e. The van der Waals surface area contributed by atoms with E-state index in [0.717, 1.165) is 11.1 Å². The Morgan fingerprint density at radius 2 is 1.85 bits per heavy atom. The molecule has 0 aliphatic heterocycles.